The van der Waals surface area contributed by atoms with Crippen LogP contribution in [0.15, 0.2) is 77.3 Å². The number of carbonyl (C=O) groups excluding carboxylic acids is 2. The third kappa shape index (κ3) is 8.62. The highest BCUT2D eigenvalue weighted by molar-refractivity contribution is 9.10. The van der Waals surface area contributed by atoms with Gasteiger partial charge in [-0.2, -0.15) is 0 Å². The standard InChI is InChI=1S/C31H37BrN2O4/c1-4-33-31(36)27(20-23-11-8-7-9-12-23)34(22-25-13-10-14-26(32)19-25)30(35)18-16-24-15-17-28(37-5-2)29(21-24)38-6-3/h7-15,17,19,21,27H,4-6,16,18,20,22H2,1-3H3,(H,33,36). The molecule has 3 aromatic carbocycles. The van der Waals surface area contributed by atoms with Gasteiger partial charge < -0.3 is 19.7 Å². The molecular weight excluding hydrogens is 544 g/mol. The molecule has 0 fully saturated rings. The molecule has 0 aliphatic heterocycles. The third-order valence-electron chi connectivity index (χ3n) is 6.10. The van der Waals surface area contributed by atoms with Crippen molar-refractivity contribution in [2.45, 2.75) is 52.6 Å². The van der Waals surface area contributed by atoms with Crippen LogP contribution in [0.2, 0.25) is 0 Å². The molecule has 0 heterocycles. The molecule has 6 nitrogen and oxygen atoms in total. The smallest absolute Gasteiger partial charge is 0.243 e. The van der Waals surface area contributed by atoms with Crippen LogP contribution in [0.3, 0.4) is 0 Å². The number of nitrogens with one attached hydrogen (secondary N) is 1. The maximum atomic E-state index is 13.8. The maximum Gasteiger partial charge on any atom is 0.243 e. The van der Waals surface area contributed by atoms with Gasteiger partial charge in [0.15, 0.2) is 11.5 Å². The summed E-state index contributed by atoms with van der Waals surface area (Å²) in [6.07, 6.45) is 1.22. The summed E-state index contributed by atoms with van der Waals surface area (Å²) < 4.78 is 12.4. The molecule has 7 heteroatoms. The first-order valence-corrected chi connectivity index (χ1v) is 14.0. The van der Waals surface area contributed by atoms with Crippen molar-refractivity contribution in [2.24, 2.45) is 0 Å². The van der Waals surface area contributed by atoms with Gasteiger partial charge in [-0.25, -0.2) is 0 Å². The molecule has 0 aromatic heterocycles. The average molecular weight is 582 g/mol. The molecule has 0 bridgehead atoms. The summed E-state index contributed by atoms with van der Waals surface area (Å²) in [7, 11) is 0. The molecule has 1 N–H and O–H groups in total. The highest BCUT2D eigenvalue weighted by Crippen LogP contribution is 2.29. The number of benzene rings is 3. The lowest BCUT2D eigenvalue weighted by atomic mass is 10.0. The summed E-state index contributed by atoms with van der Waals surface area (Å²) in [5.41, 5.74) is 2.93. The second-order valence-corrected chi connectivity index (χ2v) is 9.81. The Kier molecular flexibility index (Phi) is 11.7. The molecule has 3 rings (SSSR count). The highest BCUT2D eigenvalue weighted by atomic mass is 79.9. The van der Waals surface area contributed by atoms with Crippen molar-refractivity contribution >= 4 is 27.7 Å². The molecule has 0 aliphatic carbocycles. The van der Waals surface area contributed by atoms with Gasteiger partial charge in [0, 0.05) is 30.4 Å². The van der Waals surface area contributed by atoms with E-state index < -0.39 is 6.04 Å². The van der Waals surface area contributed by atoms with Crippen LogP contribution in [-0.2, 0) is 29.0 Å². The van der Waals surface area contributed by atoms with Gasteiger partial charge >= 0.3 is 0 Å². The number of nitrogens with zero attached hydrogens (tertiary/aromatic N) is 1. The van der Waals surface area contributed by atoms with Crippen molar-refractivity contribution in [3.8, 4) is 11.5 Å². The van der Waals surface area contributed by atoms with Crippen LogP contribution in [0.5, 0.6) is 11.5 Å². The molecule has 3 aromatic rings. The maximum absolute atomic E-state index is 13.8. The van der Waals surface area contributed by atoms with E-state index >= 15 is 0 Å². The zero-order valence-corrected chi connectivity index (χ0v) is 24.0. The summed E-state index contributed by atoms with van der Waals surface area (Å²) in [6.45, 7) is 7.65. The first-order chi connectivity index (χ1) is 18.4. The fourth-order valence-corrected chi connectivity index (χ4v) is 4.77. The number of likely N-dealkylation sites (N-methyl/N-ethyl adjacent to an activating group) is 1. The quantitative estimate of drug-likeness (QED) is 0.255. The molecule has 202 valence electrons. The van der Waals surface area contributed by atoms with Gasteiger partial charge in [-0.1, -0.05) is 64.5 Å². The summed E-state index contributed by atoms with van der Waals surface area (Å²) in [5, 5.41) is 2.94. The van der Waals surface area contributed by atoms with Crippen molar-refractivity contribution in [1.29, 1.82) is 0 Å². The van der Waals surface area contributed by atoms with Gasteiger partial charge in [-0.15, -0.1) is 0 Å². The number of rotatable bonds is 14. The van der Waals surface area contributed by atoms with Gasteiger partial charge in [0.2, 0.25) is 11.8 Å². The molecule has 0 radical (unpaired) electrons. The predicted octanol–water partition coefficient (Wildman–Crippen LogP) is 5.96. The number of aryl methyl sites for hydroxylation is 1. The van der Waals surface area contributed by atoms with E-state index in [4.69, 9.17) is 9.47 Å². The van der Waals surface area contributed by atoms with E-state index in [0.29, 0.717) is 50.6 Å². The molecule has 0 saturated carbocycles. The van der Waals surface area contributed by atoms with Gasteiger partial charge in [-0.05, 0) is 68.1 Å². The van der Waals surface area contributed by atoms with Crippen molar-refractivity contribution in [1.82, 2.24) is 10.2 Å². The molecule has 1 unspecified atom stereocenters. The van der Waals surface area contributed by atoms with Crippen molar-refractivity contribution in [3.63, 3.8) is 0 Å². The van der Waals surface area contributed by atoms with E-state index in [9.17, 15) is 9.59 Å². The van der Waals surface area contributed by atoms with E-state index in [1.165, 1.54) is 0 Å². The molecule has 0 aliphatic rings. The minimum atomic E-state index is -0.636. The number of halogens is 1. The van der Waals surface area contributed by atoms with Gasteiger partial charge in [-0.3, -0.25) is 9.59 Å². The SMILES string of the molecule is CCNC(=O)C(Cc1ccccc1)N(Cc1cccc(Br)c1)C(=O)CCc1ccc(OCC)c(OCC)c1. The molecule has 38 heavy (non-hydrogen) atoms. The Morgan fingerprint density at radius 1 is 0.842 bits per heavy atom. The number of amides is 2. The zero-order chi connectivity index (χ0) is 27.3. The van der Waals surface area contributed by atoms with Crippen LogP contribution < -0.4 is 14.8 Å². The van der Waals surface area contributed by atoms with Gasteiger partial charge in [0.05, 0.1) is 13.2 Å². The number of hydrogen-bond donors (Lipinski definition) is 1. The average Bonchev–Trinajstić information content (AvgIpc) is 2.91. The monoisotopic (exact) mass is 580 g/mol. The normalized spacial score (nSPS) is 11.5. The van der Waals surface area contributed by atoms with Crippen molar-refractivity contribution in [2.75, 3.05) is 19.8 Å². The van der Waals surface area contributed by atoms with E-state index in [1.807, 2.05) is 93.6 Å². The lowest BCUT2D eigenvalue weighted by molar-refractivity contribution is -0.141. The van der Waals surface area contributed by atoms with Gasteiger partial charge in [0.25, 0.3) is 0 Å². The Labute approximate surface area is 234 Å². The Balaban J connectivity index is 1.87. The highest BCUT2D eigenvalue weighted by Gasteiger charge is 2.30. The minimum absolute atomic E-state index is 0.0796. The Morgan fingerprint density at radius 3 is 2.24 bits per heavy atom. The number of ether oxygens (including phenoxy) is 2. The topological polar surface area (TPSA) is 67.9 Å². The van der Waals surface area contributed by atoms with Crippen LogP contribution in [-0.4, -0.2) is 42.5 Å². The van der Waals surface area contributed by atoms with Crippen LogP contribution in [0.4, 0.5) is 0 Å². The van der Waals surface area contributed by atoms with Crippen LogP contribution in [0, 0.1) is 0 Å². The first-order valence-electron chi connectivity index (χ1n) is 13.2. The predicted molar refractivity (Wildman–Crippen MR) is 154 cm³/mol. The molecule has 1 atom stereocenters. The second kappa shape index (κ2) is 15.2. The Bertz CT molecular complexity index is 1190. The van der Waals surface area contributed by atoms with Crippen LogP contribution >= 0.6 is 15.9 Å². The van der Waals surface area contributed by atoms with E-state index in [1.54, 1.807) is 4.90 Å². The zero-order valence-electron chi connectivity index (χ0n) is 22.4. The molecule has 2 amide bonds. The van der Waals surface area contributed by atoms with Crippen LogP contribution in [0.1, 0.15) is 43.9 Å². The minimum Gasteiger partial charge on any atom is -0.490 e. The third-order valence-corrected chi connectivity index (χ3v) is 6.59. The largest absolute Gasteiger partial charge is 0.490 e. The van der Waals surface area contributed by atoms with Crippen LogP contribution in [0.25, 0.3) is 0 Å². The number of carbonyl (C=O) groups is 2. The molecule has 0 saturated heterocycles. The molecule has 0 spiro atoms. The molecular formula is C31H37BrN2O4. The van der Waals surface area contributed by atoms with E-state index in [-0.39, 0.29) is 18.2 Å². The Hall–Kier alpha value is -3.32. The lowest BCUT2D eigenvalue weighted by Crippen LogP contribution is -2.50. The van der Waals surface area contributed by atoms with Crippen molar-refractivity contribution in [3.05, 3.63) is 94.0 Å². The second-order valence-electron chi connectivity index (χ2n) is 8.90. The van der Waals surface area contributed by atoms with Crippen molar-refractivity contribution < 1.29 is 19.1 Å². The Morgan fingerprint density at radius 2 is 1.55 bits per heavy atom. The summed E-state index contributed by atoms with van der Waals surface area (Å²) in [4.78, 5) is 28.8. The van der Waals surface area contributed by atoms with Gasteiger partial charge in [0.1, 0.15) is 6.04 Å². The first kappa shape index (κ1) is 29.2. The summed E-state index contributed by atoms with van der Waals surface area (Å²) >= 11 is 3.53. The van der Waals surface area contributed by atoms with E-state index in [0.717, 1.165) is 21.2 Å². The summed E-state index contributed by atoms with van der Waals surface area (Å²) in [6, 6.07) is 22.8. The van der Waals surface area contributed by atoms with E-state index in [2.05, 4.69) is 21.2 Å². The fraction of sp³-hybridized carbons (Fsp3) is 0.355. The number of hydrogen-bond acceptors (Lipinski definition) is 4. The lowest BCUT2D eigenvalue weighted by Gasteiger charge is -2.31. The summed E-state index contributed by atoms with van der Waals surface area (Å²) in [5.74, 6) is 1.14. The fourth-order valence-electron chi connectivity index (χ4n) is 4.32.